The van der Waals surface area contributed by atoms with Gasteiger partial charge >= 0.3 is 0 Å². The Hall–Kier alpha value is -2.63. The van der Waals surface area contributed by atoms with Crippen molar-refractivity contribution in [3.05, 3.63) is 83.1 Å². The molecule has 2 aromatic carbocycles. The van der Waals surface area contributed by atoms with Gasteiger partial charge in [-0.25, -0.2) is 4.68 Å². The zero-order valence-corrected chi connectivity index (χ0v) is 16.3. The highest BCUT2D eigenvalue weighted by molar-refractivity contribution is 6.31. The largest absolute Gasteiger partial charge is 0.340 e. The summed E-state index contributed by atoms with van der Waals surface area (Å²) in [6, 6.07) is 17.6. The third kappa shape index (κ3) is 5.18. The number of carbonyl (C=O) groups is 1. The van der Waals surface area contributed by atoms with E-state index in [1.807, 2.05) is 84.5 Å². The van der Waals surface area contributed by atoms with E-state index in [2.05, 4.69) is 5.10 Å². The Kier molecular flexibility index (Phi) is 6.27. The fourth-order valence-corrected chi connectivity index (χ4v) is 3.05. The fraction of sp³-hybridized carbons (Fsp3) is 0.238. The Bertz CT molecular complexity index is 894. The maximum atomic E-state index is 12.5. The fourth-order valence-electron chi connectivity index (χ4n) is 2.85. The van der Waals surface area contributed by atoms with Crippen LogP contribution in [0.3, 0.4) is 0 Å². The van der Waals surface area contributed by atoms with Gasteiger partial charge in [-0.2, -0.15) is 5.10 Å². The van der Waals surface area contributed by atoms with Crippen LogP contribution in [0.2, 0.25) is 5.02 Å². The third-order valence-electron chi connectivity index (χ3n) is 4.31. The van der Waals surface area contributed by atoms with Crippen molar-refractivity contribution >= 4 is 17.5 Å². The molecule has 5 nitrogen and oxygen atoms in total. The van der Waals surface area contributed by atoms with Crippen molar-refractivity contribution in [1.29, 1.82) is 0 Å². The predicted octanol–water partition coefficient (Wildman–Crippen LogP) is 3.62. The third-order valence-corrected chi connectivity index (χ3v) is 4.67. The van der Waals surface area contributed by atoms with Crippen LogP contribution >= 0.6 is 11.6 Å². The lowest BCUT2D eigenvalue weighted by Crippen LogP contribution is -2.36. The van der Waals surface area contributed by atoms with Gasteiger partial charge in [0.05, 0.1) is 18.4 Å². The highest BCUT2D eigenvalue weighted by atomic mass is 35.5. The highest BCUT2D eigenvalue weighted by Crippen LogP contribution is 2.16. The molecule has 140 valence electrons. The molecule has 0 spiro atoms. The lowest BCUT2D eigenvalue weighted by atomic mass is 10.2. The van der Waals surface area contributed by atoms with Crippen molar-refractivity contribution in [2.24, 2.45) is 0 Å². The summed E-state index contributed by atoms with van der Waals surface area (Å²) in [6.07, 6.45) is 3.75. The number of rotatable bonds is 7. The average molecular weight is 383 g/mol. The molecule has 0 radical (unpaired) electrons. The van der Waals surface area contributed by atoms with E-state index in [4.69, 9.17) is 11.6 Å². The second-order valence-electron chi connectivity index (χ2n) is 6.64. The molecule has 0 saturated carbocycles. The molecule has 27 heavy (non-hydrogen) atoms. The molecule has 1 aromatic heterocycles. The molecule has 0 aliphatic rings. The molecule has 1 amide bonds. The van der Waals surface area contributed by atoms with Gasteiger partial charge in [0.2, 0.25) is 5.91 Å². The monoisotopic (exact) mass is 382 g/mol. The molecule has 0 fully saturated rings. The Balaban J connectivity index is 1.55. The van der Waals surface area contributed by atoms with E-state index in [1.54, 1.807) is 11.1 Å². The van der Waals surface area contributed by atoms with Crippen molar-refractivity contribution in [1.82, 2.24) is 19.6 Å². The summed E-state index contributed by atoms with van der Waals surface area (Å²) in [7, 11) is 3.73. The predicted molar refractivity (Wildman–Crippen MR) is 108 cm³/mol. The molecule has 0 saturated heterocycles. The van der Waals surface area contributed by atoms with Gasteiger partial charge in [0.1, 0.15) is 0 Å². The van der Waals surface area contributed by atoms with Crippen LogP contribution in [-0.2, 0) is 17.9 Å². The minimum Gasteiger partial charge on any atom is -0.340 e. The lowest BCUT2D eigenvalue weighted by molar-refractivity contribution is -0.131. The standard InChI is InChI=1S/C21H23ClN4O/c1-24(15-18-8-6-7-11-20(18)22)16-21(27)25(2)13-17-12-23-26(14-17)19-9-4-3-5-10-19/h3-12,14H,13,15-16H2,1-2H3. The number of carbonyl (C=O) groups excluding carboxylic acids is 1. The van der Waals surface area contributed by atoms with Gasteiger partial charge in [0.25, 0.3) is 0 Å². The van der Waals surface area contributed by atoms with Crippen LogP contribution in [0.25, 0.3) is 5.69 Å². The highest BCUT2D eigenvalue weighted by Gasteiger charge is 2.14. The molecule has 1 heterocycles. The first-order valence-electron chi connectivity index (χ1n) is 8.78. The molecule has 0 aliphatic heterocycles. The molecular formula is C21H23ClN4O. The minimum atomic E-state index is 0.0528. The summed E-state index contributed by atoms with van der Waals surface area (Å²) in [5.41, 5.74) is 3.00. The number of hydrogen-bond acceptors (Lipinski definition) is 3. The summed E-state index contributed by atoms with van der Waals surface area (Å²) < 4.78 is 1.82. The van der Waals surface area contributed by atoms with Gasteiger partial charge in [0.15, 0.2) is 0 Å². The van der Waals surface area contributed by atoms with Crippen LogP contribution in [0.15, 0.2) is 67.0 Å². The number of hydrogen-bond donors (Lipinski definition) is 0. The maximum absolute atomic E-state index is 12.5. The molecule has 3 rings (SSSR count). The van der Waals surface area contributed by atoms with E-state index in [0.29, 0.717) is 19.6 Å². The summed E-state index contributed by atoms with van der Waals surface area (Å²) in [5, 5.41) is 5.10. The maximum Gasteiger partial charge on any atom is 0.236 e. The first-order chi connectivity index (χ1) is 13.0. The number of amides is 1. The summed E-state index contributed by atoms with van der Waals surface area (Å²) in [4.78, 5) is 16.2. The number of nitrogens with zero attached hydrogens (tertiary/aromatic N) is 4. The SMILES string of the molecule is CN(CC(=O)N(C)Cc1cnn(-c2ccccc2)c1)Cc1ccccc1Cl. The first-order valence-corrected chi connectivity index (χ1v) is 9.15. The minimum absolute atomic E-state index is 0.0528. The number of halogens is 1. The van der Waals surface area contributed by atoms with Crippen molar-refractivity contribution in [3.8, 4) is 5.69 Å². The van der Waals surface area contributed by atoms with Crippen LogP contribution < -0.4 is 0 Å². The van der Waals surface area contributed by atoms with E-state index in [0.717, 1.165) is 21.8 Å². The zero-order chi connectivity index (χ0) is 19.2. The van der Waals surface area contributed by atoms with E-state index in [9.17, 15) is 4.79 Å². The average Bonchev–Trinajstić information content (AvgIpc) is 3.13. The summed E-state index contributed by atoms with van der Waals surface area (Å²) in [6.45, 7) is 1.48. The topological polar surface area (TPSA) is 41.4 Å². The van der Waals surface area contributed by atoms with E-state index < -0.39 is 0 Å². The van der Waals surface area contributed by atoms with Crippen LogP contribution in [0.1, 0.15) is 11.1 Å². The Morgan fingerprint density at radius 2 is 1.74 bits per heavy atom. The van der Waals surface area contributed by atoms with Crippen molar-refractivity contribution < 1.29 is 4.79 Å². The van der Waals surface area contributed by atoms with Gasteiger partial charge < -0.3 is 4.90 Å². The number of benzene rings is 2. The quantitative estimate of drug-likeness (QED) is 0.626. The zero-order valence-electron chi connectivity index (χ0n) is 15.5. The molecule has 0 unspecified atom stereocenters. The van der Waals surface area contributed by atoms with Gasteiger partial charge in [-0.15, -0.1) is 0 Å². The number of likely N-dealkylation sites (N-methyl/N-ethyl adjacent to an activating group) is 2. The second kappa shape index (κ2) is 8.84. The molecule has 0 aliphatic carbocycles. The molecule has 0 bridgehead atoms. The smallest absolute Gasteiger partial charge is 0.236 e. The van der Waals surface area contributed by atoms with Crippen LogP contribution in [-0.4, -0.2) is 46.1 Å². The van der Waals surface area contributed by atoms with Crippen LogP contribution in [0.4, 0.5) is 0 Å². The summed E-state index contributed by atoms with van der Waals surface area (Å²) in [5.74, 6) is 0.0528. The van der Waals surface area contributed by atoms with Crippen molar-refractivity contribution in [3.63, 3.8) is 0 Å². The van der Waals surface area contributed by atoms with E-state index in [-0.39, 0.29) is 5.91 Å². The lowest BCUT2D eigenvalue weighted by Gasteiger charge is -2.22. The van der Waals surface area contributed by atoms with Gasteiger partial charge in [0, 0.05) is 36.9 Å². The number of para-hydroxylation sites is 1. The van der Waals surface area contributed by atoms with E-state index in [1.165, 1.54) is 0 Å². The van der Waals surface area contributed by atoms with Gasteiger partial charge in [-0.05, 0) is 30.8 Å². The Labute approximate surface area is 164 Å². The molecule has 0 atom stereocenters. The van der Waals surface area contributed by atoms with Crippen LogP contribution in [0, 0.1) is 0 Å². The molecule has 0 N–H and O–H groups in total. The summed E-state index contributed by atoms with van der Waals surface area (Å²) >= 11 is 6.20. The van der Waals surface area contributed by atoms with Gasteiger partial charge in [-0.3, -0.25) is 9.69 Å². The van der Waals surface area contributed by atoms with Gasteiger partial charge in [-0.1, -0.05) is 48.0 Å². The Morgan fingerprint density at radius 3 is 2.48 bits per heavy atom. The molecule has 3 aromatic rings. The Morgan fingerprint density at radius 1 is 1.04 bits per heavy atom. The van der Waals surface area contributed by atoms with Crippen LogP contribution in [0.5, 0.6) is 0 Å². The van der Waals surface area contributed by atoms with Crippen molar-refractivity contribution in [2.45, 2.75) is 13.1 Å². The first kappa shape index (κ1) is 19.1. The molecule has 6 heteroatoms. The second-order valence-corrected chi connectivity index (χ2v) is 7.05. The number of aromatic nitrogens is 2. The molecular weight excluding hydrogens is 360 g/mol. The van der Waals surface area contributed by atoms with Crippen molar-refractivity contribution in [2.75, 3.05) is 20.6 Å². The normalized spacial score (nSPS) is 11.0. The van der Waals surface area contributed by atoms with E-state index >= 15 is 0 Å².